The Morgan fingerprint density at radius 3 is 2.45 bits per heavy atom. The van der Waals surface area contributed by atoms with Crippen LogP contribution in [-0.4, -0.2) is 51.5 Å². The van der Waals surface area contributed by atoms with Crippen LogP contribution in [0.5, 0.6) is 0 Å². The molecule has 0 radical (unpaired) electrons. The number of nitrogens with zero attached hydrogens (tertiary/aromatic N) is 7. The molecule has 9 nitrogen and oxygen atoms in total. The van der Waals surface area contributed by atoms with Gasteiger partial charge in [0, 0.05) is 16.8 Å². The highest BCUT2D eigenvalue weighted by Crippen LogP contribution is 2.24. The highest BCUT2D eigenvalue weighted by molar-refractivity contribution is 6.31. The molecule has 0 fully saturated rings. The van der Waals surface area contributed by atoms with Gasteiger partial charge in [-0.3, -0.25) is 4.57 Å². The summed E-state index contributed by atoms with van der Waals surface area (Å²) in [5.41, 5.74) is -0.0878. The van der Waals surface area contributed by atoms with E-state index in [1.54, 1.807) is 12.1 Å². The van der Waals surface area contributed by atoms with Crippen molar-refractivity contribution in [3.8, 4) is 17.1 Å². The molecule has 0 bridgehead atoms. The van der Waals surface area contributed by atoms with Crippen molar-refractivity contribution in [1.29, 1.82) is 0 Å². The summed E-state index contributed by atoms with van der Waals surface area (Å²) in [6, 6.07) is 9.33. The molecule has 14 heteroatoms. The molecule has 0 aliphatic carbocycles. The quantitative estimate of drug-likeness (QED) is 0.409. The molecule has 0 spiro atoms. The van der Waals surface area contributed by atoms with E-state index in [4.69, 9.17) is 23.2 Å². The van der Waals surface area contributed by atoms with Gasteiger partial charge in [0.05, 0.1) is 6.54 Å². The van der Waals surface area contributed by atoms with Crippen LogP contribution in [0.25, 0.3) is 17.1 Å². The van der Waals surface area contributed by atoms with Gasteiger partial charge in [0.2, 0.25) is 0 Å². The van der Waals surface area contributed by atoms with Crippen LogP contribution in [0.1, 0.15) is 5.82 Å². The smallest absolute Gasteiger partial charge is 0.382 e. The number of halogens is 5. The molecule has 0 saturated heterocycles. The molecule has 172 valence electrons. The van der Waals surface area contributed by atoms with Crippen LogP contribution in [-0.2, 0) is 13.1 Å². The summed E-state index contributed by atoms with van der Waals surface area (Å²) in [5, 5.41) is 18.5. The highest BCUT2D eigenvalue weighted by atomic mass is 35.5. The standard InChI is InChI=1S/C19H14Cl2F3N7O2/c20-12-5-3-11(4-6-12)17-28-30(18(33)29(17)8-14(32)19(22,23)24)9-15-26-10-31(27-15)13-2-1-7-25-16(13)21/h1-7,10,14,32H,8-9H2/t14-/m0/s1. The maximum atomic E-state index is 13.0. The van der Waals surface area contributed by atoms with Gasteiger partial charge in [-0.15, -0.1) is 10.2 Å². The number of aromatic nitrogens is 7. The van der Waals surface area contributed by atoms with Gasteiger partial charge in [0.25, 0.3) is 0 Å². The molecule has 1 atom stereocenters. The Hall–Kier alpha value is -3.22. The average Bonchev–Trinajstić information content (AvgIpc) is 3.34. The molecule has 1 N–H and O–H groups in total. The summed E-state index contributed by atoms with van der Waals surface area (Å²) in [4.78, 5) is 20.9. The Kier molecular flexibility index (Phi) is 6.23. The molecule has 33 heavy (non-hydrogen) atoms. The number of benzene rings is 1. The molecule has 0 saturated carbocycles. The van der Waals surface area contributed by atoms with Crippen molar-refractivity contribution in [2.75, 3.05) is 0 Å². The molecular formula is C19H14Cl2F3N7O2. The van der Waals surface area contributed by atoms with Crippen molar-refractivity contribution in [3.63, 3.8) is 0 Å². The second kappa shape index (κ2) is 8.96. The average molecular weight is 500 g/mol. The lowest BCUT2D eigenvalue weighted by Gasteiger charge is -2.15. The lowest BCUT2D eigenvalue weighted by Crippen LogP contribution is -2.37. The van der Waals surface area contributed by atoms with Crippen molar-refractivity contribution in [2.24, 2.45) is 0 Å². The summed E-state index contributed by atoms with van der Waals surface area (Å²) in [7, 11) is 0. The molecule has 3 heterocycles. The number of aliphatic hydroxyl groups excluding tert-OH is 1. The zero-order valence-corrected chi connectivity index (χ0v) is 18.0. The number of pyridine rings is 1. The van der Waals surface area contributed by atoms with Gasteiger partial charge < -0.3 is 5.11 Å². The number of hydrogen-bond donors (Lipinski definition) is 1. The first kappa shape index (κ1) is 23.0. The van der Waals surface area contributed by atoms with Crippen LogP contribution in [0, 0.1) is 0 Å². The molecule has 0 amide bonds. The van der Waals surface area contributed by atoms with Gasteiger partial charge in [0.1, 0.15) is 18.6 Å². The van der Waals surface area contributed by atoms with Gasteiger partial charge in [-0.1, -0.05) is 23.2 Å². The van der Waals surface area contributed by atoms with Gasteiger partial charge in [-0.05, 0) is 36.4 Å². The molecule has 0 unspecified atom stereocenters. The Labute approximate surface area is 193 Å². The minimum atomic E-state index is -4.91. The van der Waals surface area contributed by atoms with E-state index in [1.807, 2.05) is 0 Å². The molecule has 4 aromatic rings. The van der Waals surface area contributed by atoms with Crippen molar-refractivity contribution in [2.45, 2.75) is 25.4 Å². The van der Waals surface area contributed by atoms with Crippen LogP contribution in [0.2, 0.25) is 10.2 Å². The molecular weight excluding hydrogens is 486 g/mol. The van der Waals surface area contributed by atoms with Gasteiger partial charge in [0.15, 0.2) is 22.9 Å². The van der Waals surface area contributed by atoms with Crippen molar-refractivity contribution in [3.05, 3.63) is 75.4 Å². The summed E-state index contributed by atoms with van der Waals surface area (Å²) >= 11 is 11.9. The first-order valence-electron chi connectivity index (χ1n) is 9.33. The minimum absolute atomic E-state index is 0.0743. The van der Waals surface area contributed by atoms with Crippen LogP contribution in [0.15, 0.2) is 53.7 Å². The summed E-state index contributed by atoms with van der Waals surface area (Å²) in [6.45, 7) is -1.27. The first-order valence-corrected chi connectivity index (χ1v) is 10.1. The second-order valence-corrected chi connectivity index (χ2v) is 7.65. The second-order valence-electron chi connectivity index (χ2n) is 6.86. The van der Waals surface area contributed by atoms with Gasteiger partial charge in [-0.25, -0.2) is 24.1 Å². The van der Waals surface area contributed by atoms with E-state index in [-0.39, 0.29) is 23.3 Å². The third-order valence-corrected chi connectivity index (χ3v) is 5.12. The SMILES string of the molecule is O=c1n(Cc2ncn(-c3cccnc3Cl)n2)nc(-c2ccc(Cl)cc2)n1C[C@H](O)C(F)(F)F. The topological polar surface area (TPSA) is 104 Å². The van der Waals surface area contributed by atoms with E-state index in [1.165, 1.54) is 41.5 Å². The monoisotopic (exact) mass is 499 g/mol. The van der Waals surface area contributed by atoms with E-state index in [0.29, 0.717) is 16.3 Å². The van der Waals surface area contributed by atoms with Crippen LogP contribution in [0.3, 0.4) is 0 Å². The number of aliphatic hydroxyl groups is 1. The van der Waals surface area contributed by atoms with Crippen LogP contribution in [0.4, 0.5) is 13.2 Å². The van der Waals surface area contributed by atoms with Crippen molar-refractivity contribution < 1.29 is 18.3 Å². The van der Waals surface area contributed by atoms with Gasteiger partial charge >= 0.3 is 11.9 Å². The van der Waals surface area contributed by atoms with Crippen LogP contribution < -0.4 is 5.69 Å². The fourth-order valence-corrected chi connectivity index (χ4v) is 3.30. The molecule has 4 rings (SSSR count). The zero-order chi connectivity index (χ0) is 23.8. The highest BCUT2D eigenvalue weighted by Gasteiger charge is 2.39. The predicted octanol–water partition coefficient (Wildman–Crippen LogP) is 2.97. The van der Waals surface area contributed by atoms with Gasteiger partial charge in [-0.2, -0.15) is 13.2 Å². The molecule has 1 aromatic carbocycles. The fraction of sp³-hybridized carbons (Fsp3) is 0.211. The minimum Gasteiger partial charge on any atom is -0.382 e. The van der Waals surface area contributed by atoms with Crippen molar-refractivity contribution >= 4 is 23.2 Å². The van der Waals surface area contributed by atoms with E-state index in [0.717, 1.165) is 9.25 Å². The fourth-order valence-electron chi connectivity index (χ4n) is 2.97. The van der Waals surface area contributed by atoms with E-state index >= 15 is 0 Å². The number of rotatable bonds is 6. The summed E-state index contributed by atoms with van der Waals surface area (Å²) in [6.07, 6.45) is -4.82. The Balaban J connectivity index is 1.71. The lowest BCUT2D eigenvalue weighted by atomic mass is 10.2. The summed E-state index contributed by atoms with van der Waals surface area (Å²) in [5.74, 6) is 0.0791. The molecule has 3 aromatic heterocycles. The van der Waals surface area contributed by atoms with E-state index < -0.39 is 24.5 Å². The zero-order valence-electron chi connectivity index (χ0n) is 16.5. The van der Waals surface area contributed by atoms with E-state index in [9.17, 15) is 23.1 Å². The Morgan fingerprint density at radius 1 is 1.06 bits per heavy atom. The third kappa shape index (κ3) is 4.92. The molecule has 0 aliphatic heterocycles. The number of hydrogen-bond acceptors (Lipinski definition) is 6. The van der Waals surface area contributed by atoms with Crippen molar-refractivity contribution in [1.82, 2.24) is 34.1 Å². The van der Waals surface area contributed by atoms with Crippen LogP contribution >= 0.6 is 23.2 Å². The lowest BCUT2D eigenvalue weighted by molar-refractivity contribution is -0.207. The normalized spacial score (nSPS) is 12.8. The van der Waals surface area contributed by atoms with E-state index in [2.05, 4.69) is 20.2 Å². The molecule has 0 aliphatic rings. The summed E-state index contributed by atoms with van der Waals surface area (Å²) < 4.78 is 41.9. The Bertz CT molecular complexity index is 1330. The maximum absolute atomic E-state index is 13.0. The third-order valence-electron chi connectivity index (χ3n) is 4.58. The first-order chi connectivity index (χ1) is 15.6. The largest absolute Gasteiger partial charge is 0.416 e. The Morgan fingerprint density at radius 2 is 1.79 bits per heavy atom. The maximum Gasteiger partial charge on any atom is 0.416 e. The predicted molar refractivity (Wildman–Crippen MR) is 112 cm³/mol. The number of alkyl halides is 3.